The van der Waals surface area contributed by atoms with E-state index in [4.69, 9.17) is 21.1 Å². The summed E-state index contributed by atoms with van der Waals surface area (Å²) in [5.74, 6) is 0.0823. The van der Waals surface area contributed by atoms with Crippen LogP contribution >= 0.6 is 11.6 Å². The van der Waals surface area contributed by atoms with E-state index in [0.717, 1.165) is 80.3 Å². The van der Waals surface area contributed by atoms with Crippen LogP contribution in [0.4, 0.5) is 17.1 Å². The molecule has 3 heterocycles. The molecule has 4 aliphatic rings. The number of amides is 1. The van der Waals surface area contributed by atoms with E-state index in [1.165, 1.54) is 54.8 Å². The number of nitro benzene ring substituents is 1. The number of hydrogen-bond donors (Lipinski definition) is 2. The molecular formula is C51H55ClN6O7S. The number of fused-ring (bicyclic) bond motifs is 1. The average Bonchev–Trinajstić information content (AvgIpc) is 4.05. The highest BCUT2D eigenvalue weighted by atomic mass is 35.5. The molecule has 15 heteroatoms. The Morgan fingerprint density at radius 3 is 2.42 bits per heavy atom. The van der Waals surface area contributed by atoms with E-state index in [-0.39, 0.29) is 22.9 Å². The van der Waals surface area contributed by atoms with Crippen molar-refractivity contribution in [1.29, 1.82) is 0 Å². The SMILES string of the molecule is O=C(NS(=O)(=O)c1ccc(NCC2CCOCC2)c([N+](=O)[O-])c1)c1ccc(N2CCN(Cc3cc(CCN4CCCC4)ccc3-c3ccc(Cl)cc3)CC2)cc1Oc1cccc2c1C=CC2. The van der Waals surface area contributed by atoms with Gasteiger partial charge in [0.15, 0.2) is 0 Å². The van der Waals surface area contributed by atoms with Gasteiger partial charge < -0.3 is 24.6 Å². The Balaban J connectivity index is 0.926. The summed E-state index contributed by atoms with van der Waals surface area (Å²) >= 11 is 6.28. The lowest BCUT2D eigenvalue weighted by atomic mass is 9.96. The minimum Gasteiger partial charge on any atom is -0.456 e. The maximum Gasteiger partial charge on any atom is 0.293 e. The molecule has 0 aromatic heterocycles. The van der Waals surface area contributed by atoms with Crippen LogP contribution in [0, 0.1) is 16.0 Å². The summed E-state index contributed by atoms with van der Waals surface area (Å²) in [5, 5.41) is 16.0. The quantitative estimate of drug-likeness (QED) is 0.0722. The van der Waals surface area contributed by atoms with Gasteiger partial charge in [-0.3, -0.25) is 19.8 Å². The first-order valence-corrected chi connectivity index (χ1v) is 24.8. The number of sulfonamides is 1. The molecule has 5 aromatic carbocycles. The van der Waals surface area contributed by atoms with E-state index in [1.54, 1.807) is 12.1 Å². The minimum atomic E-state index is -4.55. The summed E-state index contributed by atoms with van der Waals surface area (Å²) in [6, 6.07) is 29.5. The normalized spacial score (nSPS) is 16.9. The van der Waals surface area contributed by atoms with Gasteiger partial charge in [0.05, 0.1) is 15.4 Å². The summed E-state index contributed by atoms with van der Waals surface area (Å²) in [4.78, 5) is 32.4. The van der Waals surface area contributed by atoms with E-state index in [9.17, 15) is 23.3 Å². The topological polar surface area (TPSA) is 147 Å². The maximum absolute atomic E-state index is 14.1. The fourth-order valence-electron chi connectivity index (χ4n) is 9.41. The van der Waals surface area contributed by atoms with Crippen LogP contribution in [0.3, 0.4) is 0 Å². The lowest BCUT2D eigenvalue weighted by Crippen LogP contribution is -2.46. The van der Waals surface area contributed by atoms with Crippen LogP contribution in [0.25, 0.3) is 17.2 Å². The lowest BCUT2D eigenvalue weighted by Gasteiger charge is -2.36. The second-order valence-corrected chi connectivity index (χ2v) is 19.7. The van der Waals surface area contributed by atoms with Gasteiger partial charge in [-0.25, -0.2) is 13.1 Å². The molecular weight excluding hydrogens is 876 g/mol. The number of piperazine rings is 1. The molecule has 13 nitrogen and oxygen atoms in total. The molecule has 0 spiro atoms. The third-order valence-corrected chi connectivity index (χ3v) is 14.8. The van der Waals surface area contributed by atoms with E-state index in [2.05, 4.69) is 55.1 Å². The van der Waals surface area contributed by atoms with Crippen molar-refractivity contribution in [3.63, 3.8) is 0 Å². The number of rotatable bonds is 16. The largest absolute Gasteiger partial charge is 0.456 e. The first-order valence-electron chi connectivity index (χ1n) is 22.9. The van der Waals surface area contributed by atoms with Gasteiger partial charge in [0, 0.05) is 87.4 Å². The summed E-state index contributed by atoms with van der Waals surface area (Å²) < 4.78 is 41.7. The Morgan fingerprint density at radius 1 is 0.864 bits per heavy atom. The number of benzene rings is 5. The zero-order valence-corrected chi connectivity index (χ0v) is 38.5. The van der Waals surface area contributed by atoms with Gasteiger partial charge in [0.25, 0.3) is 21.6 Å². The molecule has 344 valence electrons. The monoisotopic (exact) mass is 930 g/mol. The van der Waals surface area contributed by atoms with Crippen molar-refractivity contribution in [2.75, 3.05) is 75.8 Å². The highest BCUT2D eigenvalue weighted by Gasteiger charge is 2.28. The number of hydrogen-bond acceptors (Lipinski definition) is 11. The lowest BCUT2D eigenvalue weighted by molar-refractivity contribution is -0.384. The van der Waals surface area contributed by atoms with Crippen LogP contribution in [0.5, 0.6) is 11.5 Å². The molecule has 0 saturated carbocycles. The number of likely N-dealkylation sites (tertiary alicyclic amines) is 1. The van der Waals surface area contributed by atoms with Crippen LogP contribution in [0.1, 0.15) is 58.3 Å². The summed E-state index contributed by atoms with van der Waals surface area (Å²) in [6.45, 7) is 8.97. The van der Waals surface area contributed by atoms with E-state index < -0.39 is 31.4 Å². The third kappa shape index (κ3) is 10.7. The molecule has 3 fully saturated rings. The van der Waals surface area contributed by atoms with Gasteiger partial charge in [-0.15, -0.1) is 0 Å². The highest BCUT2D eigenvalue weighted by Crippen LogP contribution is 2.37. The molecule has 1 amide bonds. The van der Waals surface area contributed by atoms with Crippen molar-refractivity contribution < 1.29 is 27.6 Å². The number of carbonyl (C=O) groups excluding carboxylic acids is 1. The zero-order chi connectivity index (χ0) is 45.6. The molecule has 66 heavy (non-hydrogen) atoms. The fourth-order valence-corrected chi connectivity index (χ4v) is 10.5. The number of carbonyl (C=O) groups is 1. The van der Waals surface area contributed by atoms with Crippen LogP contribution in [-0.4, -0.2) is 94.6 Å². The first-order chi connectivity index (χ1) is 32.1. The molecule has 0 bridgehead atoms. The number of nitrogens with one attached hydrogen (secondary N) is 2. The van der Waals surface area contributed by atoms with E-state index in [0.29, 0.717) is 43.6 Å². The average molecular weight is 932 g/mol. The summed E-state index contributed by atoms with van der Waals surface area (Å²) in [5.41, 5.74) is 7.57. The molecule has 3 saturated heterocycles. The standard InChI is InChI=1S/C51H55ClN6O7S/c52-41-12-10-39(11-13-41)44-16-9-36(19-24-55-22-1-2-23-55)31-40(44)35-56-25-27-57(28-26-56)42-14-17-46(50(32-42)65-49-8-4-6-38-5-3-7-45(38)49)51(59)54-66(62,63)43-15-18-47(48(33-43)58(60)61)53-34-37-20-29-64-30-21-37/h3-4,6-18,31-33,37,53H,1-2,5,19-30,34-35H2,(H,54,59). The molecule has 1 aliphatic carbocycles. The number of halogens is 1. The number of nitro groups is 1. The molecule has 0 unspecified atom stereocenters. The Kier molecular flexibility index (Phi) is 14.0. The Labute approximate surface area is 391 Å². The number of ether oxygens (including phenoxy) is 2. The first kappa shape index (κ1) is 45.4. The van der Waals surface area contributed by atoms with Crippen LogP contribution in [0.2, 0.25) is 5.02 Å². The van der Waals surface area contributed by atoms with Gasteiger partial charge in [-0.2, -0.15) is 0 Å². The Morgan fingerprint density at radius 2 is 1.65 bits per heavy atom. The Bertz CT molecular complexity index is 2710. The van der Waals surface area contributed by atoms with Crippen molar-refractivity contribution in [3.05, 3.63) is 146 Å². The van der Waals surface area contributed by atoms with E-state index >= 15 is 0 Å². The van der Waals surface area contributed by atoms with Gasteiger partial charge in [-0.1, -0.05) is 66.2 Å². The predicted octanol–water partition coefficient (Wildman–Crippen LogP) is 9.19. The Hall–Kier alpha value is -5.77. The number of anilines is 2. The van der Waals surface area contributed by atoms with Gasteiger partial charge in [0.1, 0.15) is 17.2 Å². The smallest absolute Gasteiger partial charge is 0.293 e. The molecule has 0 radical (unpaired) electrons. The van der Waals surface area contributed by atoms with Crippen molar-refractivity contribution in [3.8, 4) is 22.6 Å². The van der Waals surface area contributed by atoms with Crippen LogP contribution in [0.15, 0.2) is 108 Å². The van der Waals surface area contributed by atoms with Crippen LogP contribution in [-0.2, 0) is 34.1 Å². The van der Waals surface area contributed by atoms with Crippen molar-refractivity contribution in [2.45, 2.75) is 50.0 Å². The minimum absolute atomic E-state index is 0.00382. The second-order valence-electron chi connectivity index (χ2n) is 17.6. The van der Waals surface area contributed by atoms with Gasteiger partial charge in [-0.05, 0) is 128 Å². The molecule has 5 aromatic rings. The molecule has 9 rings (SSSR count). The maximum atomic E-state index is 14.1. The number of allylic oxidation sites excluding steroid dienone is 1. The van der Waals surface area contributed by atoms with Crippen molar-refractivity contribution in [1.82, 2.24) is 14.5 Å². The van der Waals surface area contributed by atoms with Crippen molar-refractivity contribution in [2.24, 2.45) is 5.92 Å². The summed E-state index contributed by atoms with van der Waals surface area (Å²) in [7, 11) is -4.55. The van der Waals surface area contributed by atoms with Gasteiger partial charge in [0.2, 0.25) is 0 Å². The third-order valence-electron chi connectivity index (χ3n) is 13.2. The second kappa shape index (κ2) is 20.4. The molecule has 0 atom stereocenters. The van der Waals surface area contributed by atoms with Crippen molar-refractivity contribution >= 4 is 50.7 Å². The predicted molar refractivity (Wildman–Crippen MR) is 259 cm³/mol. The summed E-state index contributed by atoms with van der Waals surface area (Å²) in [6.07, 6.45) is 10.00. The highest BCUT2D eigenvalue weighted by molar-refractivity contribution is 7.90. The van der Waals surface area contributed by atoms with E-state index in [1.807, 2.05) is 48.6 Å². The van der Waals surface area contributed by atoms with Crippen LogP contribution < -0.4 is 19.7 Å². The molecule has 3 aliphatic heterocycles. The number of nitrogens with zero attached hydrogens (tertiary/aromatic N) is 4. The fraction of sp³-hybridized carbons (Fsp3) is 0.353. The van der Waals surface area contributed by atoms with Gasteiger partial charge >= 0.3 is 0 Å². The molecule has 2 N–H and O–H groups in total. The zero-order valence-electron chi connectivity index (χ0n) is 36.9.